The van der Waals surface area contributed by atoms with Crippen LogP contribution in [0, 0.1) is 0 Å². The molecule has 0 amide bonds. The van der Waals surface area contributed by atoms with Crippen molar-refractivity contribution in [3.05, 3.63) is 42.0 Å². The molecular formula is C11H11NO3. The largest absolute Gasteiger partial charge is 0.389 e. The van der Waals surface area contributed by atoms with Crippen LogP contribution in [0.4, 0.5) is 0 Å². The Balaban J connectivity index is 2.52. The van der Waals surface area contributed by atoms with Gasteiger partial charge in [-0.15, -0.1) is 0 Å². The fourth-order valence-electron chi connectivity index (χ4n) is 0.916. The molecule has 4 nitrogen and oxygen atoms in total. The second-order valence-electron chi connectivity index (χ2n) is 2.74. The topological polar surface area (TPSA) is 69.4 Å². The second-order valence-corrected chi connectivity index (χ2v) is 2.74. The maximum absolute atomic E-state index is 11.0. The third kappa shape index (κ3) is 4.19. The Morgan fingerprint density at radius 3 is 2.53 bits per heavy atom. The van der Waals surface area contributed by atoms with Crippen LogP contribution in [0.5, 0.6) is 0 Å². The molecule has 0 bridgehead atoms. The van der Waals surface area contributed by atoms with E-state index in [1.165, 1.54) is 6.08 Å². The number of ether oxygens (including phenoxy) is 1. The van der Waals surface area contributed by atoms with Crippen LogP contribution >= 0.6 is 0 Å². The van der Waals surface area contributed by atoms with E-state index in [4.69, 9.17) is 5.73 Å². The smallest absolute Gasteiger partial charge is 0.338 e. The van der Waals surface area contributed by atoms with Gasteiger partial charge in [-0.25, -0.2) is 4.79 Å². The Kier molecular flexibility index (Phi) is 4.25. The number of esters is 2. The predicted molar refractivity (Wildman–Crippen MR) is 55.6 cm³/mol. The maximum Gasteiger partial charge on any atom is 0.338 e. The fourth-order valence-corrected chi connectivity index (χ4v) is 0.916. The highest BCUT2D eigenvalue weighted by Crippen LogP contribution is 2.00. The number of carbonyl (C=O) groups excluding carboxylic acids is 2. The molecule has 2 N–H and O–H groups in total. The Morgan fingerprint density at radius 2 is 1.93 bits per heavy atom. The SMILES string of the molecule is NCC(=O)OC(=O)/C=C/c1ccccc1. The summed E-state index contributed by atoms with van der Waals surface area (Å²) >= 11 is 0. The minimum Gasteiger partial charge on any atom is -0.389 e. The van der Waals surface area contributed by atoms with E-state index in [2.05, 4.69) is 4.74 Å². The molecule has 0 radical (unpaired) electrons. The van der Waals surface area contributed by atoms with Gasteiger partial charge in [0.1, 0.15) is 0 Å². The molecule has 78 valence electrons. The average molecular weight is 205 g/mol. The van der Waals surface area contributed by atoms with Gasteiger partial charge in [-0.3, -0.25) is 4.79 Å². The highest BCUT2D eigenvalue weighted by atomic mass is 16.6. The van der Waals surface area contributed by atoms with Gasteiger partial charge in [0.2, 0.25) is 0 Å². The van der Waals surface area contributed by atoms with Crippen LogP contribution in [-0.2, 0) is 14.3 Å². The maximum atomic E-state index is 11.0. The number of benzene rings is 1. The normalized spacial score (nSPS) is 10.2. The van der Waals surface area contributed by atoms with Gasteiger partial charge in [0, 0.05) is 6.08 Å². The van der Waals surface area contributed by atoms with E-state index in [1.54, 1.807) is 6.08 Å². The van der Waals surface area contributed by atoms with Crippen molar-refractivity contribution >= 4 is 18.0 Å². The Morgan fingerprint density at radius 1 is 1.27 bits per heavy atom. The van der Waals surface area contributed by atoms with Crippen molar-refractivity contribution in [1.29, 1.82) is 0 Å². The Labute approximate surface area is 87.3 Å². The number of carbonyl (C=O) groups is 2. The number of hydrogen-bond acceptors (Lipinski definition) is 4. The lowest BCUT2D eigenvalue weighted by Gasteiger charge is -1.95. The molecule has 15 heavy (non-hydrogen) atoms. The van der Waals surface area contributed by atoms with Crippen LogP contribution in [0.25, 0.3) is 6.08 Å². The summed E-state index contributed by atoms with van der Waals surface area (Å²) in [5, 5.41) is 0. The average Bonchev–Trinajstić information content (AvgIpc) is 2.27. The molecule has 0 saturated heterocycles. The summed E-state index contributed by atoms with van der Waals surface area (Å²) in [5.74, 6) is -1.45. The number of rotatable bonds is 3. The molecule has 4 heteroatoms. The summed E-state index contributed by atoms with van der Waals surface area (Å²) in [7, 11) is 0. The quantitative estimate of drug-likeness (QED) is 0.448. The lowest BCUT2D eigenvalue weighted by Crippen LogP contribution is -2.19. The van der Waals surface area contributed by atoms with E-state index in [0.717, 1.165) is 5.56 Å². The molecule has 0 aliphatic heterocycles. The Bertz CT molecular complexity index is 371. The molecule has 0 aromatic heterocycles. The number of nitrogens with two attached hydrogens (primary N) is 1. The van der Waals surface area contributed by atoms with Crippen molar-refractivity contribution in [1.82, 2.24) is 0 Å². The molecule has 0 heterocycles. The van der Waals surface area contributed by atoms with E-state index in [9.17, 15) is 9.59 Å². The summed E-state index contributed by atoms with van der Waals surface area (Å²) < 4.78 is 4.33. The van der Waals surface area contributed by atoms with E-state index < -0.39 is 11.9 Å². The Hall–Kier alpha value is -1.94. The van der Waals surface area contributed by atoms with Crippen molar-refractivity contribution in [2.75, 3.05) is 6.54 Å². The van der Waals surface area contributed by atoms with Crippen molar-refractivity contribution in [2.45, 2.75) is 0 Å². The minimum absolute atomic E-state index is 0.301. The zero-order chi connectivity index (χ0) is 11.1. The van der Waals surface area contributed by atoms with Crippen LogP contribution in [0.2, 0.25) is 0 Å². The lowest BCUT2D eigenvalue weighted by atomic mass is 10.2. The van der Waals surface area contributed by atoms with Crippen molar-refractivity contribution in [3.8, 4) is 0 Å². The molecule has 1 rings (SSSR count). The molecule has 0 atom stereocenters. The zero-order valence-electron chi connectivity index (χ0n) is 8.05. The predicted octanol–water partition coefficient (Wildman–Crippen LogP) is 0.728. The molecule has 1 aromatic rings. The molecule has 0 aliphatic carbocycles. The van der Waals surface area contributed by atoms with E-state index in [0.29, 0.717) is 0 Å². The summed E-state index contributed by atoms with van der Waals surface area (Å²) in [4.78, 5) is 21.6. The first-order valence-corrected chi connectivity index (χ1v) is 4.40. The van der Waals surface area contributed by atoms with Crippen molar-refractivity contribution in [2.24, 2.45) is 5.73 Å². The van der Waals surface area contributed by atoms with Crippen LogP contribution in [0.15, 0.2) is 36.4 Å². The van der Waals surface area contributed by atoms with Gasteiger partial charge in [0.15, 0.2) is 0 Å². The van der Waals surface area contributed by atoms with Crippen molar-refractivity contribution < 1.29 is 14.3 Å². The second kappa shape index (κ2) is 5.72. The van der Waals surface area contributed by atoms with Gasteiger partial charge in [-0.1, -0.05) is 30.3 Å². The summed E-state index contributed by atoms with van der Waals surface area (Å²) in [5.41, 5.74) is 5.83. The number of hydrogen-bond donors (Lipinski definition) is 1. The van der Waals surface area contributed by atoms with Crippen LogP contribution < -0.4 is 5.73 Å². The van der Waals surface area contributed by atoms with Crippen molar-refractivity contribution in [3.63, 3.8) is 0 Å². The lowest BCUT2D eigenvalue weighted by molar-refractivity contribution is -0.154. The van der Waals surface area contributed by atoms with Gasteiger partial charge in [0.05, 0.1) is 6.54 Å². The summed E-state index contributed by atoms with van der Waals surface area (Å²) in [6.07, 6.45) is 2.75. The third-order valence-corrected chi connectivity index (χ3v) is 1.59. The molecular weight excluding hydrogens is 194 g/mol. The standard InChI is InChI=1S/C11H11NO3/c12-8-11(14)15-10(13)7-6-9-4-2-1-3-5-9/h1-7H,8,12H2/b7-6+. The minimum atomic E-state index is -0.738. The van der Waals surface area contributed by atoms with Gasteiger partial charge in [-0.05, 0) is 11.6 Å². The highest BCUT2D eigenvalue weighted by Gasteiger charge is 2.03. The molecule has 0 saturated carbocycles. The molecule has 0 spiro atoms. The van der Waals surface area contributed by atoms with Crippen LogP contribution in [0.3, 0.4) is 0 Å². The highest BCUT2D eigenvalue weighted by molar-refractivity contribution is 5.95. The first-order valence-electron chi connectivity index (χ1n) is 4.40. The van der Waals surface area contributed by atoms with Gasteiger partial charge < -0.3 is 10.5 Å². The molecule has 0 fully saturated rings. The molecule has 1 aromatic carbocycles. The van der Waals surface area contributed by atoms with E-state index in [1.807, 2.05) is 30.3 Å². The van der Waals surface area contributed by atoms with Gasteiger partial charge in [-0.2, -0.15) is 0 Å². The first-order chi connectivity index (χ1) is 7.22. The zero-order valence-corrected chi connectivity index (χ0v) is 8.05. The van der Waals surface area contributed by atoms with E-state index in [-0.39, 0.29) is 6.54 Å². The monoisotopic (exact) mass is 205 g/mol. The van der Waals surface area contributed by atoms with Gasteiger partial charge in [0.25, 0.3) is 0 Å². The fraction of sp³-hybridized carbons (Fsp3) is 0.0909. The molecule has 0 unspecified atom stereocenters. The summed E-state index contributed by atoms with van der Waals surface area (Å²) in [6.45, 7) is -0.301. The molecule has 0 aliphatic rings. The first kappa shape index (κ1) is 11.1. The van der Waals surface area contributed by atoms with Gasteiger partial charge >= 0.3 is 11.9 Å². The van der Waals surface area contributed by atoms with Crippen LogP contribution in [-0.4, -0.2) is 18.5 Å². The third-order valence-electron chi connectivity index (χ3n) is 1.59. The van der Waals surface area contributed by atoms with Crippen LogP contribution in [0.1, 0.15) is 5.56 Å². The van der Waals surface area contributed by atoms with E-state index >= 15 is 0 Å². The summed E-state index contributed by atoms with van der Waals surface area (Å²) in [6, 6.07) is 9.21.